The minimum absolute atomic E-state index is 0.0435. The van der Waals surface area contributed by atoms with Crippen molar-refractivity contribution in [2.75, 3.05) is 47.5 Å². The van der Waals surface area contributed by atoms with Gasteiger partial charge in [-0.15, -0.1) is 0 Å². The number of phosphoric ester groups is 1. The van der Waals surface area contributed by atoms with Gasteiger partial charge in [0.15, 0.2) is 0 Å². The van der Waals surface area contributed by atoms with E-state index in [4.69, 9.17) is 13.8 Å². The van der Waals surface area contributed by atoms with E-state index in [9.17, 15) is 19.4 Å². The van der Waals surface area contributed by atoms with Crippen LogP contribution < -0.4 is 0 Å². The summed E-state index contributed by atoms with van der Waals surface area (Å²) < 4.78 is 27.0. The van der Waals surface area contributed by atoms with Gasteiger partial charge in [-0.3, -0.25) is 13.8 Å². The molecular weight excluding hydrogens is 493 g/mol. The lowest BCUT2D eigenvalue weighted by molar-refractivity contribution is -0.870. The summed E-state index contributed by atoms with van der Waals surface area (Å²) in [4.78, 5) is 21.4. The van der Waals surface area contributed by atoms with Crippen LogP contribution in [-0.2, 0) is 23.1 Å². The van der Waals surface area contributed by atoms with Crippen LogP contribution in [0.5, 0.6) is 0 Å². The molecule has 0 aromatic carbocycles. The molecule has 2 atom stereocenters. The maximum Gasteiger partial charge on any atom is 0.472 e. The SMILES string of the molecule is CCCCC/C=C\C/C=C\C/C=C\C/C=C\CCCC(=O)OC[C@@H](O)COP(=O)(O)OCC[N+](C)(C)C. The third kappa shape index (κ3) is 27.3. The molecule has 0 amide bonds. The molecule has 214 valence electrons. The Morgan fingerprint density at radius 1 is 0.838 bits per heavy atom. The lowest BCUT2D eigenvalue weighted by Crippen LogP contribution is -2.37. The molecule has 0 radical (unpaired) electrons. The molecule has 0 aliphatic carbocycles. The quantitative estimate of drug-likeness (QED) is 0.0545. The maximum atomic E-state index is 11.8. The Kier molecular flexibility index (Phi) is 21.5. The first-order chi connectivity index (χ1) is 17.6. The van der Waals surface area contributed by atoms with E-state index >= 15 is 0 Å². The molecule has 37 heavy (non-hydrogen) atoms. The Balaban J connectivity index is 3.76. The number of carbonyl (C=O) groups is 1. The fourth-order valence-electron chi connectivity index (χ4n) is 2.88. The molecule has 0 aliphatic heterocycles. The van der Waals surface area contributed by atoms with Crippen molar-refractivity contribution in [2.24, 2.45) is 0 Å². The molecule has 1 unspecified atom stereocenters. The molecule has 8 nitrogen and oxygen atoms in total. The minimum atomic E-state index is -4.26. The van der Waals surface area contributed by atoms with Crippen LogP contribution in [0.2, 0.25) is 0 Å². The zero-order valence-corrected chi connectivity index (χ0v) is 24.3. The highest BCUT2D eigenvalue weighted by Crippen LogP contribution is 2.43. The van der Waals surface area contributed by atoms with Crippen molar-refractivity contribution in [3.8, 4) is 0 Å². The smallest absolute Gasteiger partial charge is 0.463 e. The van der Waals surface area contributed by atoms with Gasteiger partial charge in [0.2, 0.25) is 0 Å². The van der Waals surface area contributed by atoms with Crippen LogP contribution in [0.3, 0.4) is 0 Å². The van der Waals surface area contributed by atoms with Crippen LogP contribution in [0.1, 0.15) is 71.1 Å². The predicted molar refractivity (Wildman–Crippen MR) is 150 cm³/mol. The van der Waals surface area contributed by atoms with E-state index in [-0.39, 0.29) is 19.6 Å². The van der Waals surface area contributed by atoms with E-state index < -0.39 is 26.5 Å². The van der Waals surface area contributed by atoms with Crippen molar-refractivity contribution in [1.82, 2.24) is 0 Å². The molecule has 9 heteroatoms. The number of unbranched alkanes of at least 4 members (excludes halogenated alkanes) is 4. The molecule has 0 bridgehead atoms. The Labute approximate surface area is 224 Å². The first-order valence-corrected chi connectivity index (χ1v) is 14.9. The van der Waals surface area contributed by atoms with Crippen LogP contribution in [0.15, 0.2) is 48.6 Å². The minimum Gasteiger partial charge on any atom is -0.463 e. The Morgan fingerprint density at radius 2 is 1.38 bits per heavy atom. The van der Waals surface area contributed by atoms with Crippen molar-refractivity contribution >= 4 is 13.8 Å². The third-order valence-corrected chi connectivity index (χ3v) is 6.08. The number of phosphoric acid groups is 1. The van der Waals surface area contributed by atoms with Crippen molar-refractivity contribution < 1.29 is 37.6 Å². The molecule has 0 saturated carbocycles. The standard InChI is InChI=1S/C28H50NO7P/c1-5-6-7-8-9-10-11-12-13-14-15-16-17-18-19-20-21-22-28(31)34-25-27(30)26-36-37(32,33)35-24-23-29(2,3)4/h9-10,12-13,15-16,18-19,27,30H,5-8,11,14,17,20-26H2,1-4H3/p+1/b10-9-,13-12-,16-15-,19-18-/t27-/m1/s1. The van der Waals surface area contributed by atoms with Crippen LogP contribution in [-0.4, -0.2) is 74.1 Å². The van der Waals surface area contributed by atoms with Gasteiger partial charge < -0.3 is 19.2 Å². The normalized spacial score (nSPS) is 15.3. The van der Waals surface area contributed by atoms with Gasteiger partial charge in [-0.25, -0.2) is 4.57 Å². The highest BCUT2D eigenvalue weighted by atomic mass is 31.2. The van der Waals surface area contributed by atoms with Crippen molar-refractivity contribution in [2.45, 2.75) is 77.2 Å². The maximum absolute atomic E-state index is 11.8. The van der Waals surface area contributed by atoms with E-state index in [2.05, 4.69) is 49.5 Å². The number of esters is 1. The van der Waals surface area contributed by atoms with Gasteiger partial charge in [0.05, 0.1) is 27.7 Å². The van der Waals surface area contributed by atoms with Crippen LogP contribution in [0, 0.1) is 0 Å². The van der Waals surface area contributed by atoms with Crippen molar-refractivity contribution in [1.29, 1.82) is 0 Å². The van der Waals surface area contributed by atoms with Crippen LogP contribution >= 0.6 is 7.82 Å². The average molecular weight is 545 g/mol. The zero-order chi connectivity index (χ0) is 27.8. The fourth-order valence-corrected chi connectivity index (χ4v) is 3.63. The molecule has 0 heterocycles. The van der Waals surface area contributed by atoms with Gasteiger partial charge in [-0.2, -0.15) is 0 Å². The van der Waals surface area contributed by atoms with Crippen molar-refractivity contribution in [3.05, 3.63) is 48.6 Å². The largest absolute Gasteiger partial charge is 0.472 e. The predicted octanol–water partition coefficient (Wildman–Crippen LogP) is 5.88. The first-order valence-electron chi connectivity index (χ1n) is 13.4. The average Bonchev–Trinajstić information content (AvgIpc) is 2.82. The van der Waals surface area contributed by atoms with Gasteiger partial charge in [0, 0.05) is 6.42 Å². The number of allylic oxidation sites excluding steroid dienone is 8. The second kappa shape index (κ2) is 22.4. The van der Waals surface area contributed by atoms with Crippen LogP contribution in [0.25, 0.3) is 0 Å². The lowest BCUT2D eigenvalue weighted by atomic mass is 10.2. The van der Waals surface area contributed by atoms with Crippen LogP contribution in [0.4, 0.5) is 0 Å². The van der Waals surface area contributed by atoms with Gasteiger partial charge in [0.25, 0.3) is 0 Å². The summed E-state index contributed by atoms with van der Waals surface area (Å²) in [5, 5.41) is 9.82. The molecule has 0 rings (SSSR count). The summed E-state index contributed by atoms with van der Waals surface area (Å²) in [7, 11) is 1.52. The number of hydrogen-bond donors (Lipinski definition) is 2. The van der Waals surface area contributed by atoms with E-state index in [1.165, 1.54) is 25.7 Å². The van der Waals surface area contributed by atoms with E-state index in [0.29, 0.717) is 17.4 Å². The van der Waals surface area contributed by atoms with E-state index in [1.54, 1.807) is 0 Å². The number of carbonyl (C=O) groups excluding carboxylic acids is 1. The molecule has 2 N–H and O–H groups in total. The molecule has 0 fully saturated rings. The van der Waals surface area contributed by atoms with Crippen molar-refractivity contribution in [3.63, 3.8) is 0 Å². The van der Waals surface area contributed by atoms with Gasteiger partial charge in [-0.05, 0) is 44.9 Å². The number of aliphatic hydroxyl groups excluding tert-OH is 1. The summed E-state index contributed by atoms with van der Waals surface area (Å²) in [6, 6.07) is 0. The lowest BCUT2D eigenvalue weighted by Gasteiger charge is -2.24. The summed E-state index contributed by atoms with van der Waals surface area (Å²) in [5.41, 5.74) is 0. The summed E-state index contributed by atoms with van der Waals surface area (Å²) in [6.45, 7) is 2.02. The summed E-state index contributed by atoms with van der Waals surface area (Å²) in [5.74, 6) is -0.429. The van der Waals surface area contributed by atoms with E-state index in [1.807, 2.05) is 27.2 Å². The highest BCUT2D eigenvalue weighted by Gasteiger charge is 2.24. The molecule has 0 spiro atoms. The number of likely N-dealkylation sites (N-methyl/N-ethyl adjacent to an activating group) is 1. The number of nitrogens with zero attached hydrogens (tertiary/aromatic N) is 1. The highest BCUT2D eigenvalue weighted by molar-refractivity contribution is 7.47. The summed E-state index contributed by atoms with van der Waals surface area (Å²) >= 11 is 0. The molecule has 0 aromatic rings. The summed E-state index contributed by atoms with van der Waals surface area (Å²) in [6.07, 6.45) is 25.5. The number of aliphatic hydroxyl groups is 1. The monoisotopic (exact) mass is 544 g/mol. The zero-order valence-electron chi connectivity index (χ0n) is 23.4. The van der Waals surface area contributed by atoms with Gasteiger partial charge >= 0.3 is 13.8 Å². The first kappa shape index (κ1) is 35.5. The number of hydrogen-bond acceptors (Lipinski definition) is 6. The number of rotatable bonds is 23. The third-order valence-electron chi connectivity index (χ3n) is 5.09. The second-order valence-electron chi connectivity index (χ2n) is 9.93. The Morgan fingerprint density at radius 3 is 1.92 bits per heavy atom. The molecule has 0 aromatic heterocycles. The Bertz CT molecular complexity index is 741. The number of quaternary nitrogens is 1. The van der Waals surface area contributed by atoms with Gasteiger partial charge in [-0.1, -0.05) is 68.4 Å². The molecule has 0 aliphatic rings. The molecular formula is C28H51NO7P+. The Hall–Kier alpha value is -1.54. The van der Waals surface area contributed by atoms with E-state index in [0.717, 1.165) is 25.7 Å². The van der Waals surface area contributed by atoms with Gasteiger partial charge in [0.1, 0.15) is 25.9 Å². The fraction of sp³-hybridized carbons (Fsp3) is 0.679. The number of ether oxygens (including phenoxy) is 1. The molecule has 0 saturated heterocycles. The second-order valence-corrected chi connectivity index (χ2v) is 11.4. The topological polar surface area (TPSA) is 102 Å².